The van der Waals surface area contributed by atoms with Crippen molar-refractivity contribution in [1.82, 2.24) is 9.29 Å². The maximum absolute atomic E-state index is 13.0. The Morgan fingerprint density at radius 1 is 1.11 bits per heavy atom. The number of hydrogen-bond acceptors (Lipinski definition) is 6. The second kappa shape index (κ2) is 7.73. The fraction of sp³-hybridized carbons (Fsp3) is 0.368. The number of Topliss-reactive ketones (excluding diaryl/α,β-unsaturated/α-hetero) is 1. The van der Waals surface area contributed by atoms with Crippen molar-refractivity contribution in [3.63, 3.8) is 0 Å². The van der Waals surface area contributed by atoms with Gasteiger partial charge in [0.05, 0.1) is 15.5 Å². The molecule has 1 saturated heterocycles. The zero-order valence-corrected chi connectivity index (χ0v) is 17.3. The fourth-order valence-corrected chi connectivity index (χ4v) is 5.87. The number of nitrogens with zero attached hydrogens (tertiary/aromatic N) is 2. The first-order chi connectivity index (χ1) is 13.1. The average Bonchev–Trinajstić information content (AvgIpc) is 2.67. The highest BCUT2D eigenvalue weighted by Gasteiger charge is 2.33. The molecule has 1 aliphatic rings. The molecular weight excluding hydrogens is 400 g/mol. The summed E-state index contributed by atoms with van der Waals surface area (Å²) in [5.74, 6) is -0.434. The third-order valence-corrected chi connectivity index (χ3v) is 7.89. The van der Waals surface area contributed by atoms with E-state index in [9.17, 15) is 21.6 Å². The molecule has 28 heavy (non-hydrogen) atoms. The highest BCUT2D eigenvalue weighted by molar-refractivity contribution is 7.90. The van der Waals surface area contributed by atoms with Crippen LogP contribution in [0.5, 0.6) is 0 Å². The van der Waals surface area contributed by atoms with Gasteiger partial charge in [-0.25, -0.2) is 16.8 Å². The molecule has 7 nitrogen and oxygen atoms in total. The summed E-state index contributed by atoms with van der Waals surface area (Å²) in [7, 11) is -7.21. The smallest absolute Gasteiger partial charge is 0.243 e. The van der Waals surface area contributed by atoms with Crippen LogP contribution in [0, 0.1) is 0 Å². The van der Waals surface area contributed by atoms with Crippen LogP contribution in [0.2, 0.25) is 0 Å². The maximum Gasteiger partial charge on any atom is 0.243 e. The average molecular weight is 423 g/mol. The molecule has 0 radical (unpaired) electrons. The number of pyridine rings is 1. The van der Waals surface area contributed by atoms with Gasteiger partial charge >= 0.3 is 0 Å². The fourth-order valence-electron chi connectivity index (χ4n) is 3.42. The third kappa shape index (κ3) is 4.16. The van der Waals surface area contributed by atoms with E-state index in [0.29, 0.717) is 30.6 Å². The summed E-state index contributed by atoms with van der Waals surface area (Å²) in [6, 6.07) is 8.92. The predicted molar refractivity (Wildman–Crippen MR) is 105 cm³/mol. The van der Waals surface area contributed by atoms with E-state index in [2.05, 4.69) is 4.98 Å². The minimum atomic E-state index is -3.75. The van der Waals surface area contributed by atoms with Gasteiger partial charge in [-0.1, -0.05) is 12.1 Å². The molecule has 0 amide bonds. The number of benzene rings is 1. The van der Waals surface area contributed by atoms with Crippen molar-refractivity contribution >= 4 is 25.6 Å². The first-order valence-electron chi connectivity index (χ1n) is 8.87. The molecule has 150 valence electrons. The van der Waals surface area contributed by atoms with Crippen LogP contribution in [0.1, 0.15) is 41.7 Å². The van der Waals surface area contributed by atoms with E-state index in [1.807, 2.05) is 0 Å². The molecule has 1 aromatic heterocycles. The normalized spacial score (nSPS) is 18.7. The molecule has 2 heterocycles. The Kier molecular flexibility index (Phi) is 5.69. The van der Waals surface area contributed by atoms with E-state index in [0.717, 1.165) is 6.26 Å². The van der Waals surface area contributed by atoms with Crippen molar-refractivity contribution in [2.75, 3.05) is 19.3 Å². The van der Waals surface area contributed by atoms with E-state index in [-0.39, 0.29) is 28.0 Å². The SMILES string of the molecule is CC(=O)c1ccc(S(=O)(=O)N2CCC[C@H](c3ncccc3S(C)(=O)=O)C2)cc1. The van der Waals surface area contributed by atoms with E-state index < -0.39 is 19.9 Å². The van der Waals surface area contributed by atoms with Gasteiger partial charge in [-0.15, -0.1) is 0 Å². The van der Waals surface area contributed by atoms with Gasteiger partial charge in [0.15, 0.2) is 15.6 Å². The summed E-state index contributed by atoms with van der Waals surface area (Å²) in [6.07, 6.45) is 3.92. The zero-order valence-electron chi connectivity index (χ0n) is 15.7. The first-order valence-corrected chi connectivity index (χ1v) is 12.2. The largest absolute Gasteiger partial charge is 0.295 e. The second-order valence-corrected chi connectivity index (χ2v) is 10.9. The lowest BCUT2D eigenvalue weighted by Gasteiger charge is -2.32. The van der Waals surface area contributed by atoms with E-state index >= 15 is 0 Å². The van der Waals surface area contributed by atoms with Crippen LogP contribution in [0.4, 0.5) is 0 Å². The number of carbonyl (C=O) groups excluding carboxylic acids is 1. The lowest BCUT2D eigenvalue weighted by molar-refractivity contribution is 0.101. The molecule has 1 aromatic carbocycles. The Labute approximate surface area is 165 Å². The Morgan fingerprint density at radius 3 is 2.39 bits per heavy atom. The summed E-state index contributed by atoms with van der Waals surface area (Å²) < 4.78 is 51.6. The van der Waals surface area contributed by atoms with Crippen LogP contribution in [-0.2, 0) is 19.9 Å². The van der Waals surface area contributed by atoms with Gasteiger partial charge in [-0.2, -0.15) is 4.31 Å². The summed E-state index contributed by atoms with van der Waals surface area (Å²) >= 11 is 0. The van der Waals surface area contributed by atoms with Crippen molar-refractivity contribution in [3.8, 4) is 0 Å². The molecule has 0 N–H and O–H groups in total. The lowest BCUT2D eigenvalue weighted by Crippen LogP contribution is -2.39. The van der Waals surface area contributed by atoms with E-state index in [4.69, 9.17) is 0 Å². The lowest BCUT2D eigenvalue weighted by atomic mass is 9.95. The van der Waals surface area contributed by atoms with E-state index in [1.54, 1.807) is 6.07 Å². The Balaban J connectivity index is 1.90. The number of aromatic nitrogens is 1. The van der Waals surface area contributed by atoms with Crippen molar-refractivity contribution in [3.05, 3.63) is 53.9 Å². The Bertz CT molecular complexity index is 1090. The van der Waals surface area contributed by atoms with Crippen LogP contribution in [0.25, 0.3) is 0 Å². The van der Waals surface area contributed by atoms with E-state index in [1.165, 1.54) is 47.8 Å². The van der Waals surface area contributed by atoms with Crippen LogP contribution in [0.3, 0.4) is 0 Å². The topological polar surface area (TPSA) is 101 Å². The summed E-state index contributed by atoms with van der Waals surface area (Å²) in [6.45, 7) is 1.94. The van der Waals surface area contributed by atoms with Crippen molar-refractivity contribution < 1.29 is 21.6 Å². The van der Waals surface area contributed by atoms with Crippen molar-refractivity contribution in [2.24, 2.45) is 0 Å². The summed E-state index contributed by atoms with van der Waals surface area (Å²) in [5.41, 5.74) is 0.860. The molecule has 1 aliphatic heterocycles. The number of ketones is 1. The monoisotopic (exact) mass is 422 g/mol. The molecular formula is C19H22N2O5S2. The molecule has 1 fully saturated rings. The number of piperidine rings is 1. The minimum Gasteiger partial charge on any atom is -0.295 e. The number of hydrogen-bond donors (Lipinski definition) is 0. The quantitative estimate of drug-likeness (QED) is 0.685. The van der Waals surface area contributed by atoms with Gasteiger partial charge in [-0.3, -0.25) is 9.78 Å². The van der Waals surface area contributed by atoms with Gasteiger partial charge < -0.3 is 0 Å². The highest BCUT2D eigenvalue weighted by Crippen LogP contribution is 2.32. The molecule has 0 bridgehead atoms. The van der Waals surface area contributed by atoms with Gasteiger partial charge in [0.2, 0.25) is 10.0 Å². The van der Waals surface area contributed by atoms with Crippen molar-refractivity contribution in [1.29, 1.82) is 0 Å². The van der Waals surface area contributed by atoms with Crippen LogP contribution < -0.4 is 0 Å². The first kappa shape index (κ1) is 20.6. The van der Waals surface area contributed by atoms with Gasteiger partial charge in [0, 0.05) is 37.0 Å². The third-order valence-electron chi connectivity index (χ3n) is 4.87. The minimum absolute atomic E-state index is 0.113. The maximum atomic E-state index is 13.0. The molecule has 3 rings (SSSR count). The highest BCUT2D eigenvalue weighted by atomic mass is 32.2. The summed E-state index contributed by atoms with van der Waals surface area (Å²) in [4.78, 5) is 15.9. The summed E-state index contributed by atoms with van der Waals surface area (Å²) in [5, 5.41) is 0. The second-order valence-electron chi connectivity index (χ2n) is 6.94. The standard InChI is InChI=1S/C19H22N2O5S2/c1-14(22)15-7-9-17(10-8-15)28(25,26)21-12-4-5-16(13-21)19-18(27(2,23)24)6-3-11-20-19/h3,6-11,16H,4-5,12-13H2,1-2H3/t16-/m0/s1. The van der Waals surface area contributed by atoms with Gasteiger partial charge in [0.1, 0.15) is 0 Å². The molecule has 0 aliphatic carbocycles. The molecule has 0 saturated carbocycles. The molecule has 0 unspecified atom stereocenters. The molecule has 2 aromatic rings. The van der Waals surface area contributed by atoms with Crippen LogP contribution >= 0.6 is 0 Å². The number of rotatable bonds is 5. The molecule has 1 atom stereocenters. The van der Waals surface area contributed by atoms with Crippen LogP contribution in [-0.4, -0.2) is 51.3 Å². The zero-order chi connectivity index (χ0) is 20.5. The molecule has 9 heteroatoms. The van der Waals surface area contributed by atoms with Crippen molar-refractivity contribution in [2.45, 2.75) is 35.5 Å². The number of carbonyl (C=O) groups is 1. The van der Waals surface area contributed by atoms with Crippen LogP contribution in [0.15, 0.2) is 52.4 Å². The number of sulfonamides is 1. The predicted octanol–water partition coefficient (Wildman–Crippen LogP) is 2.26. The van der Waals surface area contributed by atoms with Gasteiger partial charge in [-0.05, 0) is 44.0 Å². The molecule has 0 spiro atoms. The van der Waals surface area contributed by atoms with Gasteiger partial charge in [0.25, 0.3) is 0 Å². The Hall–Kier alpha value is -2.10. The Morgan fingerprint density at radius 2 is 1.79 bits per heavy atom. The number of sulfone groups is 1.